The predicted octanol–water partition coefficient (Wildman–Crippen LogP) is 2.40. The molecule has 0 saturated carbocycles. The highest BCUT2D eigenvalue weighted by Gasteiger charge is 2.21. The van der Waals surface area contributed by atoms with Gasteiger partial charge in [0.2, 0.25) is 0 Å². The molecule has 0 spiro atoms. The summed E-state index contributed by atoms with van der Waals surface area (Å²) in [4.78, 5) is 13.6. The molecule has 4 heteroatoms. The Kier molecular flexibility index (Phi) is 3.88. The Balaban J connectivity index is 3.09. The molecule has 0 atom stereocenters. The monoisotopic (exact) mass is 225 g/mol. The third kappa shape index (κ3) is 2.32. The van der Waals surface area contributed by atoms with Gasteiger partial charge < -0.3 is 10.0 Å². The number of phenols is 1. The highest BCUT2D eigenvalue weighted by Crippen LogP contribution is 2.22. The Hall–Kier alpha value is -1.58. The maximum absolute atomic E-state index is 13.1. The van der Waals surface area contributed by atoms with Gasteiger partial charge in [-0.15, -0.1) is 0 Å². The summed E-state index contributed by atoms with van der Waals surface area (Å²) in [5.41, 5.74) is 0.00977. The van der Waals surface area contributed by atoms with Crippen LogP contribution < -0.4 is 0 Å². The second kappa shape index (κ2) is 4.96. The molecule has 0 aromatic heterocycles. The number of hydrogen-bond donors (Lipinski definition) is 1. The summed E-state index contributed by atoms with van der Waals surface area (Å²) in [5.74, 6) is -1.70. The van der Waals surface area contributed by atoms with Crippen LogP contribution in [-0.4, -0.2) is 28.5 Å². The average molecular weight is 225 g/mol. The number of nitrogens with zero attached hydrogens (tertiary/aromatic N) is 1. The first-order valence-corrected chi connectivity index (χ1v) is 5.27. The number of aromatic hydroxyl groups is 1. The Morgan fingerprint density at radius 1 is 1.50 bits per heavy atom. The second-order valence-electron chi connectivity index (χ2n) is 3.82. The van der Waals surface area contributed by atoms with Crippen molar-refractivity contribution in [3.05, 3.63) is 29.6 Å². The fourth-order valence-electron chi connectivity index (χ4n) is 1.59. The summed E-state index contributed by atoms with van der Waals surface area (Å²) in [7, 11) is 0. The molecule has 0 aliphatic rings. The lowest BCUT2D eigenvalue weighted by Crippen LogP contribution is -2.36. The Morgan fingerprint density at radius 3 is 2.62 bits per heavy atom. The normalized spacial score (nSPS) is 10.6. The topological polar surface area (TPSA) is 40.5 Å². The standard InChI is InChI=1S/C12H16FNO2/c1-4-14(8(2)3)12(16)9-6-5-7-10(13)11(9)15/h5-8,15H,4H2,1-3H3. The van der Waals surface area contributed by atoms with E-state index >= 15 is 0 Å². The first-order chi connectivity index (χ1) is 7.49. The third-order valence-electron chi connectivity index (χ3n) is 2.44. The minimum Gasteiger partial charge on any atom is -0.504 e. The highest BCUT2D eigenvalue weighted by molar-refractivity contribution is 5.97. The number of carbonyl (C=O) groups is 1. The molecule has 88 valence electrons. The average Bonchev–Trinajstić information content (AvgIpc) is 2.22. The van der Waals surface area contributed by atoms with E-state index < -0.39 is 11.6 Å². The van der Waals surface area contributed by atoms with Crippen LogP contribution in [0, 0.1) is 5.82 Å². The van der Waals surface area contributed by atoms with E-state index in [9.17, 15) is 14.3 Å². The summed E-state index contributed by atoms with van der Waals surface area (Å²) >= 11 is 0. The van der Waals surface area contributed by atoms with Crippen molar-refractivity contribution in [2.75, 3.05) is 6.54 Å². The molecule has 1 N–H and O–H groups in total. The predicted molar refractivity (Wildman–Crippen MR) is 59.9 cm³/mol. The largest absolute Gasteiger partial charge is 0.504 e. The van der Waals surface area contributed by atoms with Crippen molar-refractivity contribution in [1.82, 2.24) is 4.90 Å². The molecule has 0 heterocycles. The maximum atomic E-state index is 13.1. The highest BCUT2D eigenvalue weighted by atomic mass is 19.1. The Bertz CT molecular complexity index is 391. The maximum Gasteiger partial charge on any atom is 0.257 e. The van der Waals surface area contributed by atoms with Crippen LogP contribution in [0.4, 0.5) is 4.39 Å². The van der Waals surface area contributed by atoms with Crippen LogP contribution in [0.1, 0.15) is 31.1 Å². The zero-order valence-electron chi connectivity index (χ0n) is 9.70. The zero-order valence-corrected chi connectivity index (χ0v) is 9.70. The first kappa shape index (κ1) is 12.5. The van der Waals surface area contributed by atoms with Gasteiger partial charge in [-0.1, -0.05) is 6.07 Å². The van der Waals surface area contributed by atoms with Crippen LogP contribution in [0.2, 0.25) is 0 Å². The molecule has 1 aromatic rings. The van der Waals surface area contributed by atoms with Gasteiger partial charge in [0.05, 0.1) is 5.56 Å². The zero-order chi connectivity index (χ0) is 12.3. The van der Waals surface area contributed by atoms with E-state index in [0.717, 1.165) is 6.07 Å². The van der Waals surface area contributed by atoms with Crippen molar-refractivity contribution < 1.29 is 14.3 Å². The number of para-hydroxylation sites is 1. The molecule has 1 amide bonds. The lowest BCUT2D eigenvalue weighted by Gasteiger charge is -2.25. The molecule has 0 radical (unpaired) electrons. The minimum absolute atomic E-state index is 0.00977. The van der Waals surface area contributed by atoms with Gasteiger partial charge in [0.1, 0.15) is 0 Å². The molecule has 3 nitrogen and oxygen atoms in total. The smallest absolute Gasteiger partial charge is 0.257 e. The van der Waals surface area contributed by atoms with Crippen molar-refractivity contribution in [2.24, 2.45) is 0 Å². The van der Waals surface area contributed by atoms with Gasteiger partial charge in [0.25, 0.3) is 5.91 Å². The molecule has 1 rings (SSSR count). The van der Waals surface area contributed by atoms with Crippen molar-refractivity contribution in [1.29, 1.82) is 0 Å². The van der Waals surface area contributed by atoms with E-state index in [1.54, 1.807) is 4.90 Å². The summed E-state index contributed by atoms with van der Waals surface area (Å²) in [5, 5.41) is 9.47. The van der Waals surface area contributed by atoms with E-state index in [4.69, 9.17) is 0 Å². The van der Waals surface area contributed by atoms with Gasteiger partial charge in [-0.05, 0) is 32.9 Å². The van der Waals surface area contributed by atoms with E-state index in [-0.39, 0.29) is 17.5 Å². The fraction of sp³-hybridized carbons (Fsp3) is 0.417. The van der Waals surface area contributed by atoms with Gasteiger partial charge in [0, 0.05) is 12.6 Å². The molecule has 0 unspecified atom stereocenters. The molecule has 0 saturated heterocycles. The summed E-state index contributed by atoms with van der Waals surface area (Å²) in [6.45, 7) is 6.11. The van der Waals surface area contributed by atoms with Crippen LogP contribution in [-0.2, 0) is 0 Å². The number of benzene rings is 1. The van der Waals surface area contributed by atoms with Crippen molar-refractivity contribution >= 4 is 5.91 Å². The third-order valence-corrected chi connectivity index (χ3v) is 2.44. The van der Waals surface area contributed by atoms with Crippen molar-refractivity contribution in [3.8, 4) is 5.75 Å². The molecule has 1 aromatic carbocycles. The quantitative estimate of drug-likeness (QED) is 0.858. The van der Waals surface area contributed by atoms with Gasteiger partial charge in [-0.3, -0.25) is 4.79 Å². The molecule has 0 bridgehead atoms. The van der Waals surface area contributed by atoms with Gasteiger partial charge in [0.15, 0.2) is 11.6 Å². The SMILES string of the molecule is CCN(C(=O)c1cccc(F)c1O)C(C)C. The lowest BCUT2D eigenvalue weighted by atomic mass is 10.1. The summed E-state index contributed by atoms with van der Waals surface area (Å²) < 4.78 is 13.1. The van der Waals surface area contributed by atoms with E-state index in [1.807, 2.05) is 20.8 Å². The van der Waals surface area contributed by atoms with Gasteiger partial charge >= 0.3 is 0 Å². The van der Waals surface area contributed by atoms with Gasteiger partial charge in [-0.2, -0.15) is 0 Å². The number of hydrogen-bond acceptors (Lipinski definition) is 2. The number of carbonyl (C=O) groups excluding carboxylic acids is 1. The molecule has 16 heavy (non-hydrogen) atoms. The van der Waals surface area contributed by atoms with Crippen LogP contribution in [0.5, 0.6) is 5.75 Å². The second-order valence-corrected chi connectivity index (χ2v) is 3.82. The first-order valence-electron chi connectivity index (χ1n) is 5.27. The summed E-state index contributed by atoms with van der Waals surface area (Å²) in [6.07, 6.45) is 0. The van der Waals surface area contributed by atoms with E-state index in [0.29, 0.717) is 6.54 Å². The molecule has 0 fully saturated rings. The number of phenolic OH excluding ortho intramolecular Hbond substituents is 1. The number of amides is 1. The number of rotatable bonds is 3. The van der Waals surface area contributed by atoms with Crippen LogP contribution in [0.25, 0.3) is 0 Å². The molecular weight excluding hydrogens is 209 g/mol. The molecular formula is C12H16FNO2. The Labute approximate surface area is 94.5 Å². The van der Waals surface area contributed by atoms with Crippen LogP contribution >= 0.6 is 0 Å². The van der Waals surface area contributed by atoms with Gasteiger partial charge in [-0.25, -0.2) is 4.39 Å². The minimum atomic E-state index is -0.773. The van der Waals surface area contributed by atoms with Crippen LogP contribution in [0.15, 0.2) is 18.2 Å². The fourth-order valence-corrected chi connectivity index (χ4v) is 1.59. The molecule has 0 aliphatic heterocycles. The van der Waals surface area contributed by atoms with Crippen LogP contribution in [0.3, 0.4) is 0 Å². The molecule has 0 aliphatic carbocycles. The summed E-state index contributed by atoms with van der Waals surface area (Å²) in [6, 6.07) is 3.97. The Morgan fingerprint density at radius 2 is 2.12 bits per heavy atom. The van der Waals surface area contributed by atoms with Crippen molar-refractivity contribution in [3.63, 3.8) is 0 Å². The lowest BCUT2D eigenvalue weighted by molar-refractivity contribution is 0.0713. The number of halogens is 1. The van der Waals surface area contributed by atoms with E-state index in [2.05, 4.69) is 0 Å². The van der Waals surface area contributed by atoms with E-state index in [1.165, 1.54) is 12.1 Å². The van der Waals surface area contributed by atoms with Crippen molar-refractivity contribution in [2.45, 2.75) is 26.8 Å².